The van der Waals surface area contributed by atoms with Crippen molar-refractivity contribution in [3.05, 3.63) is 30.4 Å². The van der Waals surface area contributed by atoms with E-state index in [4.69, 9.17) is 4.52 Å². The number of aromatic nitrogens is 3. The molecule has 2 unspecified atom stereocenters. The molecule has 0 spiro atoms. The third-order valence-corrected chi connectivity index (χ3v) is 2.74. The monoisotopic (exact) mass is 306 g/mol. The first-order chi connectivity index (χ1) is 8.33. The lowest BCUT2D eigenvalue weighted by atomic mass is 10.2. The summed E-state index contributed by atoms with van der Waals surface area (Å²) in [5.41, 5.74) is 0.789. The van der Waals surface area contributed by atoms with E-state index in [9.17, 15) is 4.39 Å². The maximum absolute atomic E-state index is 13.0. The molecule has 3 rings (SSSR count). The van der Waals surface area contributed by atoms with Crippen LogP contribution in [0.5, 0.6) is 0 Å². The van der Waals surface area contributed by atoms with Crippen LogP contribution in [0.4, 0.5) is 4.39 Å². The van der Waals surface area contributed by atoms with Crippen LogP contribution in [0.15, 0.2) is 29.0 Å². The van der Waals surface area contributed by atoms with E-state index in [0.29, 0.717) is 24.7 Å². The molecule has 2 aromatic heterocycles. The molecule has 19 heavy (non-hydrogen) atoms. The molecule has 8 heteroatoms. The molecule has 0 bridgehead atoms. The fourth-order valence-electron chi connectivity index (χ4n) is 1.87. The second-order valence-electron chi connectivity index (χ2n) is 3.99. The average Bonchev–Trinajstić information content (AvgIpc) is 2.98. The van der Waals surface area contributed by atoms with Crippen LogP contribution in [-0.4, -0.2) is 27.8 Å². The highest BCUT2D eigenvalue weighted by Crippen LogP contribution is 2.25. The molecule has 104 valence electrons. The standard InChI is InChI=1S/C11H11FN4O.2ClH/c12-8-4-9(14-6-8)11-15-10(16-17-11)7-2-1-3-13-5-7;;/h1-3,5,8-9,14H,4,6H2;2*1H. The Morgan fingerprint density at radius 3 is 2.84 bits per heavy atom. The zero-order chi connectivity index (χ0) is 11.7. The maximum atomic E-state index is 13.0. The molecule has 1 N–H and O–H groups in total. The maximum Gasteiger partial charge on any atom is 0.244 e. The lowest BCUT2D eigenvalue weighted by Crippen LogP contribution is -2.14. The van der Waals surface area contributed by atoms with E-state index in [2.05, 4.69) is 20.4 Å². The molecule has 1 aliphatic heterocycles. The van der Waals surface area contributed by atoms with Gasteiger partial charge in [0.2, 0.25) is 11.7 Å². The van der Waals surface area contributed by atoms with Crippen LogP contribution in [0.3, 0.4) is 0 Å². The van der Waals surface area contributed by atoms with Crippen molar-refractivity contribution in [3.8, 4) is 11.4 Å². The largest absolute Gasteiger partial charge is 0.337 e. The number of nitrogens with one attached hydrogen (secondary N) is 1. The first kappa shape index (κ1) is 15.8. The minimum Gasteiger partial charge on any atom is -0.337 e. The third-order valence-electron chi connectivity index (χ3n) is 2.74. The normalized spacial score (nSPS) is 21.5. The van der Waals surface area contributed by atoms with Crippen molar-refractivity contribution in [1.82, 2.24) is 20.4 Å². The molecule has 0 aromatic carbocycles. The summed E-state index contributed by atoms with van der Waals surface area (Å²) in [7, 11) is 0. The molecule has 0 amide bonds. The quantitative estimate of drug-likeness (QED) is 0.922. The first-order valence-electron chi connectivity index (χ1n) is 5.44. The van der Waals surface area contributed by atoms with Gasteiger partial charge < -0.3 is 9.84 Å². The molecule has 0 saturated carbocycles. The summed E-state index contributed by atoms with van der Waals surface area (Å²) in [6, 6.07) is 3.47. The molecule has 1 saturated heterocycles. The van der Waals surface area contributed by atoms with Crippen molar-refractivity contribution >= 4 is 24.8 Å². The number of alkyl halides is 1. The Bertz CT molecular complexity index is 510. The summed E-state index contributed by atoms with van der Waals surface area (Å²) in [4.78, 5) is 8.23. The van der Waals surface area contributed by atoms with E-state index >= 15 is 0 Å². The summed E-state index contributed by atoms with van der Waals surface area (Å²) >= 11 is 0. The Morgan fingerprint density at radius 2 is 2.21 bits per heavy atom. The predicted octanol–water partition coefficient (Wildman–Crippen LogP) is 2.35. The van der Waals surface area contributed by atoms with Crippen molar-refractivity contribution in [3.63, 3.8) is 0 Å². The van der Waals surface area contributed by atoms with Gasteiger partial charge in [-0.05, 0) is 12.1 Å². The average molecular weight is 307 g/mol. The van der Waals surface area contributed by atoms with Crippen LogP contribution in [0.1, 0.15) is 18.4 Å². The third kappa shape index (κ3) is 3.40. The zero-order valence-electron chi connectivity index (χ0n) is 9.82. The molecular weight excluding hydrogens is 294 g/mol. The van der Waals surface area contributed by atoms with Crippen LogP contribution in [-0.2, 0) is 0 Å². The second kappa shape index (κ2) is 6.79. The molecule has 1 aliphatic rings. The van der Waals surface area contributed by atoms with Gasteiger partial charge >= 0.3 is 0 Å². The van der Waals surface area contributed by atoms with E-state index in [1.165, 1.54) is 0 Å². The minimum atomic E-state index is -0.839. The lowest BCUT2D eigenvalue weighted by molar-refractivity contribution is 0.324. The Balaban J connectivity index is 0.000000902. The fraction of sp³-hybridized carbons (Fsp3) is 0.364. The smallest absolute Gasteiger partial charge is 0.244 e. The number of halogens is 3. The number of hydrogen-bond acceptors (Lipinski definition) is 5. The molecular formula is C11H13Cl2FN4O. The number of hydrogen-bond donors (Lipinski definition) is 1. The highest BCUT2D eigenvalue weighted by molar-refractivity contribution is 5.85. The number of nitrogens with zero attached hydrogens (tertiary/aromatic N) is 3. The van der Waals surface area contributed by atoms with Gasteiger partial charge in [-0.2, -0.15) is 4.98 Å². The SMILES string of the molecule is Cl.Cl.FC1CNC(c2nc(-c3cccnc3)no2)C1. The highest BCUT2D eigenvalue weighted by atomic mass is 35.5. The van der Waals surface area contributed by atoms with Gasteiger partial charge in [-0.25, -0.2) is 4.39 Å². The van der Waals surface area contributed by atoms with Crippen LogP contribution in [0, 0.1) is 0 Å². The van der Waals surface area contributed by atoms with Gasteiger partial charge in [0.1, 0.15) is 6.17 Å². The lowest BCUT2D eigenvalue weighted by Gasteiger charge is -2.00. The van der Waals surface area contributed by atoms with E-state index < -0.39 is 6.17 Å². The summed E-state index contributed by atoms with van der Waals surface area (Å²) in [6.07, 6.45) is 2.88. The van der Waals surface area contributed by atoms with Gasteiger partial charge in [-0.3, -0.25) is 4.98 Å². The van der Waals surface area contributed by atoms with Crippen molar-refractivity contribution in [2.75, 3.05) is 6.54 Å². The molecule has 0 aliphatic carbocycles. The van der Waals surface area contributed by atoms with Crippen molar-refractivity contribution < 1.29 is 8.91 Å². The number of rotatable bonds is 2. The summed E-state index contributed by atoms with van der Waals surface area (Å²) in [5, 5.41) is 6.87. The van der Waals surface area contributed by atoms with Crippen LogP contribution < -0.4 is 5.32 Å². The van der Waals surface area contributed by atoms with Gasteiger partial charge in [0.25, 0.3) is 0 Å². The van der Waals surface area contributed by atoms with Crippen molar-refractivity contribution in [2.45, 2.75) is 18.6 Å². The Hall–Kier alpha value is -1.24. The Labute approximate surface area is 121 Å². The van der Waals surface area contributed by atoms with Gasteiger partial charge in [0, 0.05) is 30.9 Å². The fourth-order valence-corrected chi connectivity index (χ4v) is 1.87. The van der Waals surface area contributed by atoms with Crippen LogP contribution >= 0.6 is 24.8 Å². The number of pyridine rings is 1. The molecule has 5 nitrogen and oxygen atoms in total. The molecule has 3 heterocycles. The van der Waals surface area contributed by atoms with Gasteiger partial charge in [-0.1, -0.05) is 5.16 Å². The van der Waals surface area contributed by atoms with Crippen LogP contribution in [0.2, 0.25) is 0 Å². The van der Waals surface area contributed by atoms with Crippen LogP contribution in [0.25, 0.3) is 11.4 Å². The highest BCUT2D eigenvalue weighted by Gasteiger charge is 2.29. The van der Waals surface area contributed by atoms with Crippen molar-refractivity contribution in [1.29, 1.82) is 0 Å². The van der Waals surface area contributed by atoms with E-state index in [0.717, 1.165) is 5.56 Å². The predicted molar refractivity (Wildman–Crippen MR) is 72.3 cm³/mol. The molecule has 1 fully saturated rings. The first-order valence-corrected chi connectivity index (χ1v) is 5.44. The summed E-state index contributed by atoms with van der Waals surface area (Å²) in [6.45, 7) is 0.343. The zero-order valence-corrected chi connectivity index (χ0v) is 11.5. The van der Waals surface area contributed by atoms with Gasteiger partial charge in [0.15, 0.2) is 0 Å². The Kier molecular flexibility index (Phi) is 5.65. The molecule has 0 radical (unpaired) electrons. The summed E-state index contributed by atoms with van der Waals surface area (Å²) in [5.74, 6) is 0.918. The minimum absolute atomic E-state index is 0. The second-order valence-corrected chi connectivity index (χ2v) is 3.99. The molecule has 2 aromatic rings. The van der Waals surface area contributed by atoms with Crippen molar-refractivity contribution in [2.24, 2.45) is 0 Å². The Morgan fingerprint density at radius 1 is 1.37 bits per heavy atom. The summed E-state index contributed by atoms with van der Waals surface area (Å²) < 4.78 is 18.2. The van der Waals surface area contributed by atoms with E-state index in [-0.39, 0.29) is 30.9 Å². The molecule has 2 atom stereocenters. The van der Waals surface area contributed by atoms with E-state index in [1.807, 2.05) is 6.07 Å². The van der Waals surface area contributed by atoms with Gasteiger partial charge in [0.05, 0.1) is 6.04 Å². The van der Waals surface area contributed by atoms with Gasteiger partial charge in [-0.15, -0.1) is 24.8 Å². The topological polar surface area (TPSA) is 63.8 Å². The van der Waals surface area contributed by atoms with E-state index in [1.54, 1.807) is 18.5 Å².